The zero-order valence-electron chi connectivity index (χ0n) is 11.7. The van der Waals surface area contributed by atoms with Crippen LogP contribution in [0.25, 0.3) is 21.5 Å². The van der Waals surface area contributed by atoms with Crippen LogP contribution in [0.5, 0.6) is 0 Å². The molecule has 1 unspecified atom stereocenters. The molecule has 0 aromatic heterocycles. The quantitative estimate of drug-likeness (QED) is 0.565. The Balaban J connectivity index is 2.28. The van der Waals surface area contributed by atoms with E-state index in [0.29, 0.717) is 6.42 Å². The van der Waals surface area contributed by atoms with Gasteiger partial charge >= 0.3 is 7.60 Å². The molecule has 0 heterocycles. The lowest BCUT2D eigenvalue weighted by Gasteiger charge is -2.17. The highest BCUT2D eigenvalue weighted by Gasteiger charge is 2.25. The van der Waals surface area contributed by atoms with Crippen LogP contribution < -0.4 is 0 Å². The number of fused-ring (bicyclic) bond motifs is 2. The Morgan fingerprint density at radius 1 is 0.952 bits per heavy atom. The maximum atomic E-state index is 11.5. The molecule has 0 fully saturated rings. The van der Waals surface area contributed by atoms with Crippen LogP contribution in [0.2, 0.25) is 0 Å². The summed E-state index contributed by atoms with van der Waals surface area (Å²) in [5, 5.41) is 4.33. The molecular formula is C17H17O3P. The minimum Gasteiger partial charge on any atom is -0.324 e. The van der Waals surface area contributed by atoms with Gasteiger partial charge in [-0.05, 0) is 39.6 Å². The van der Waals surface area contributed by atoms with Crippen molar-refractivity contribution in [2.24, 2.45) is 0 Å². The SMILES string of the molecule is CC(Cc1c2ccccc2cc2ccccc12)P(=O)(O)O. The van der Waals surface area contributed by atoms with E-state index in [1.807, 2.05) is 48.5 Å². The van der Waals surface area contributed by atoms with Gasteiger partial charge in [0.1, 0.15) is 0 Å². The molecule has 3 aromatic rings. The third kappa shape index (κ3) is 2.73. The molecule has 0 aliphatic heterocycles. The van der Waals surface area contributed by atoms with Gasteiger partial charge < -0.3 is 9.79 Å². The predicted molar refractivity (Wildman–Crippen MR) is 86.7 cm³/mol. The highest BCUT2D eigenvalue weighted by atomic mass is 31.2. The Bertz CT molecular complexity index is 797. The van der Waals surface area contributed by atoms with Gasteiger partial charge in [0.15, 0.2) is 0 Å². The molecule has 1 atom stereocenters. The largest absolute Gasteiger partial charge is 0.328 e. The predicted octanol–water partition coefficient (Wildman–Crippen LogP) is 4.10. The second kappa shape index (κ2) is 5.27. The van der Waals surface area contributed by atoms with E-state index in [1.165, 1.54) is 0 Å². The molecule has 0 aliphatic rings. The van der Waals surface area contributed by atoms with Gasteiger partial charge in [-0.3, -0.25) is 4.57 Å². The summed E-state index contributed by atoms with van der Waals surface area (Å²) < 4.78 is 11.5. The van der Waals surface area contributed by atoms with Gasteiger partial charge in [0, 0.05) is 0 Å². The maximum absolute atomic E-state index is 11.5. The highest BCUT2D eigenvalue weighted by Crippen LogP contribution is 2.44. The average molecular weight is 300 g/mol. The van der Waals surface area contributed by atoms with E-state index in [1.54, 1.807) is 6.92 Å². The molecule has 0 saturated heterocycles. The van der Waals surface area contributed by atoms with Crippen LogP contribution in [-0.4, -0.2) is 15.4 Å². The van der Waals surface area contributed by atoms with Crippen LogP contribution in [0, 0.1) is 0 Å². The Morgan fingerprint density at radius 2 is 1.43 bits per heavy atom. The number of rotatable bonds is 3. The molecule has 21 heavy (non-hydrogen) atoms. The van der Waals surface area contributed by atoms with E-state index < -0.39 is 13.3 Å². The minimum atomic E-state index is -4.08. The van der Waals surface area contributed by atoms with E-state index in [0.717, 1.165) is 27.1 Å². The van der Waals surface area contributed by atoms with Crippen LogP contribution in [0.15, 0.2) is 54.6 Å². The third-order valence-electron chi connectivity index (χ3n) is 3.96. The normalized spacial score (nSPS) is 13.7. The number of benzene rings is 3. The van der Waals surface area contributed by atoms with Crippen LogP contribution in [-0.2, 0) is 11.0 Å². The monoisotopic (exact) mass is 300 g/mol. The zero-order chi connectivity index (χ0) is 15.0. The molecule has 0 radical (unpaired) electrons. The summed E-state index contributed by atoms with van der Waals surface area (Å²) in [6.07, 6.45) is 0.367. The summed E-state index contributed by atoms with van der Waals surface area (Å²) in [5.41, 5.74) is 0.325. The molecule has 3 aromatic carbocycles. The van der Waals surface area contributed by atoms with E-state index in [2.05, 4.69) is 6.07 Å². The zero-order valence-corrected chi connectivity index (χ0v) is 12.6. The van der Waals surface area contributed by atoms with E-state index >= 15 is 0 Å². The first kappa shape index (κ1) is 14.3. The fourth-order valence-electron chi connectivity index (χ4n) is 2.74. The summed E-state index contributed by atoms with van der Waals surface area (Å²) in [4.78, 5) is 18.8. The summed E-state index contributed by atoms with van der Waals surface area (Å²) in [6, 6.07) is 18.1. The highest BCUT2D eigenvalue weighted by molar-refractivity contribution is 7.52. The fraction of sp³-hybridized carbons (Fsp3) is 0.176. The Hall–Kier alpha value is -1.67. The summed E-state index contributed by atoms with van der Waals surface area (Å²) in [6.45, 7) is 1.61. The van der Waals surface area contributed by atoms with Crippen molar-refractivity contribution in [1.82, 2.24) is 0 Å². The lowest BCUT2D eigenvalue weighted by atomic mass is 9.94. The van der Waals surface area contributed by atoms with Gasteiger partial charge in [-0.25, -0.2) is 0 Å². The molecule has 0 amide bonds. The average Bonchev–Trinajstić information content (AvgIpc) is 2.46. The lowest BCUT2D eigenvalue weighted by Crippen LogP contribution is -2.08. The first-order valence-corrected chi connectivity index (χ1v) is 8.59. The summed E-state index contributed by atoms with van der Waals surface area (Å²) in [7, 11) is -4.08. The van der Waals surface area contributed by atoms with Crippen molar-refractivity contribution in [3.63, 3.8) is 0 Å². The Kier molecular flexibility index (Phi) is 3.58. The van der Waals surface area contributed by atoms with Gasteiger partial charge in [0.25, 0.3) is 0 Å². The smallest absolute Gasteiger partial charge is 0.324 e. The number of hydrogen-bond acceptors (Lipinski definition) is 1. The molecule has 0 aliphatic carbocycles. The van der Waals surface area contributed by atoms with Gasteiger partial charge in [0.05, 0.1) is 5.66 Å². The second-order valence-corrected chi connectivity index (χ2v) is 7.50. The van der Waals surface area contributed by atoms with Crippen molar-refractivity contribution in [2.75, 3.05) is 0 Å². The summed E-state index contributed by atoms with van der Waals surface area (Å²) in [5.74, 6) is 0. The summed E-state index contributed by atoms with van der Waals surface area (Å²) >= 11 is 0. The van der Waals surface area contributed by atoms with Crippen molar-refractivity contribution < 1.29 is 14.4 Å². The molecular weight excluding hydrogens is 283 g/mol. The van der Waals surface area contributed by atoms with E-state index in [-0.39, 0.29) is 0 Å². The fourth-order valence-corrected chi connectivity index (χ4v) is 3.16. The van der Waals surface area contributed by atoms with Crippen LogP contribution in [0.4, 0.5) is 0 Å². The topological polar surface area (TPSA) is 57.5 Å². The first-order valence-electron chi connectivity index (χ1n) is 6.91. The van der Waals surface area contributed by atoms with E-state index in [9.17, 15) is 14.4 Å². The minimum absolute atomic E-state index is 0.367. The van der Waals surface area contributed by atoms with Crippen LogP contribution in [0.3, 0.4) is 0 Å². The van der Waals surface area contributed by atoms with Crippen LogP contribution in [0.1, 0.15) is 12.5 Å². The molecule has 0 spiro atoms. The molecule has 108 valence electrons. The molecule has 0 saturated carbocycles. The Morgan fingerprint density at radius 3 is 1.90 bits per heavy atom. The van der Waals surface area contributed by atoms with Crippen molar-refractivity contribution in [3.05, 3.63) is 60.2 Å². The van der Waals surface area contributed by atoms with Crippen molar-refractivity contribution in [1.29, 1.82) is 0 Å². The van der Waals surface area contributed by atoms with Gasteiger partial charge in [-0.15, -0.1) is 0 Å². The third-order valence-corrected chi connectivity index (χ3v) is 5.29. The van der Waals surface area contributed by atoms with Gasteiger partial charge in [-0.2, -0.15) is 0 Å². The van der Waals surface area contributed by atoms with Crippen molar-refractivity contribution >= 4 is 29.1 Å². The second-order valence-electron chi connectivity index (χ2n) is 5.44. The maximum Gasteiger partial charge on any atom is 0.328 e. The van der Waals surface area contributed by atoms with Gasteiger partial charge in [-0.1, -0.05) is 55.5 Å². The molecule has 3 nitrogen and oxygen atoms in total. The number of hydrogen-bond donors (Lipinski definition) is 2. The lowest BCUT2D eigenvalue weighted by molar-refractivity contribution is 0.360. The first-order chi connectivity index (χ1) is 9.97. The van der Waals surface area contributed by atoms with Crippen LogP contribution >= 0.6 is 7.60 Å². The van der Waals surface area contributed by atoms with E-state index in [4.69, 9.17) is 0 Å². The van der Waals surface area contributed by atoms with Crippen molar-refractivity contribution in [2.45, 2.75) is 19.0 Å². The molecule has 2 N–H and O–H groups in total. The Labute approximate surface area is 123 Å². The molecule has 3 rings (SSSR count). The van der Waals surface area contributed by atoms with Crippen molar-refractivity contribution in [3.8, 4) is 0 Å². The van der Waals surface area contributed by atoms with Gasteiger partial charge in [0.2, 0.25) is 0 Å². The molecule has 4 heteroatoms. The molecule has 0 bridgehead atoms. The standard InChI is InChI=1S/C17H17O3P/c1-12(21(18,19)20)10-17-15-8-4-2-6-13(15)11-14-7-3-5-9-16(14)17/h2-9,11-12H,10H2,1H3,(H2,18,19,20).